The number of carbonyl (C=O) groups is 2. The number of hydrogen-bond donors (Lipinski definition) is 2. The van der Waals surface area contributed by atoms with Crippen LogP contribution in [0.3, 0.4) is 0 Å². The number of benzene rings is 1. The molecule has 1 aromatic carbocycles. The zero-order valence-electron chi connectivity index (χ0n) is 12.3. The van der Waals surface area contributed by atoms with E-state index in [0.717, 1.165) is 12.8 Å². The van der Waals surface area contributed by atoms with Crippen molar-refractivity contribution in [1.82, 2.24) is 15.3 Å². The quantitative estimate of drug-likeness (QED) is 0.606. The lowest BCUT2D eigenvalue weighted by Crippen LogP contribution is -2.27. The Kier molecular flexibility index (Phi) is 4.32. The first-order valence-corrected chi connectivity index (χ1v) is 7.60. The molecule has 0 bridgehead atoms. The molecule has 1 aromatic heterocycles. The Morgan fingerprint density at radius 1 is 1.23 bits per heavy atom. The summed E-state index contributed by atoms with van der Waals surface area (Å²) in [6.45, 7) is 0.648. The van der Waals surface area contributed by atoms with Crippen molar-refractivity contribution >= 4 is 11.7 Å². The highest BCUT2D eigenvalue weighted by molar-refractivity contribution is 6.02. The van der Waals surface area contributed by atoms with Crippen LogP contribution in [0, 0.1) is 11.8 Å². The van der Waals surface area contributed by atoms with Crippen molar-refractivity contribution < 1.29 is 9.59 Å². The van der Waals surface area contributed by atoms with Gasteiger partial charge in [0.05, 0.1) is 12.5 Å². The molecule has 2 atom stereocenters. The molecule has 2 N–H and O–H groups in total. The highest BCUT2D eigenvalue weighted by Crippen LogP contribution is 2.40. The molecular formula is C17H19N3O2. The van der Waals surface area contributed by atoms with Gasteiger partial charge in [-0.15, -0.1) is 0 Å². The van der Waals surface area contributed by atoms with Crippen molar-refractivity contribution in [2.24, 2.45) is 11.8 Å². The molecule has 0 spiro atoms. The molecule has 5 heteroatoms. The number of aromatic nitrogens is 2. The minimum absolute atomic E-state index is 0.00840. The largest absolute Gasteiger partial charge is 0.356 e. The second-order valence-corrected chi connectivity index (χ2v) is 5.66. The predicted molar refractivity (Wildman–Crippen MR) is 82.3 cm³/mol. The van der Waals surface area contributed by atoms with E-state index in [2.05, 4.69) is 27.4 Å². The first kappa shape index (κ1) is 14.5. The Morgan fingerprint density at radius 3 is 2.77 bits per heavy atom. The van der Waals surface area contributed by atoms with Crippen molar-refractivity contribution in [3.05, 3.63) is 54.1 Å². The van der Waals surface area contributed by atoms with Crippen molar-refractivity contribution in [2.75, 3.05) is 6.54 Å². The van der Waals surface area contributed by atoms with Crippen molar-refractivity contribution in [1.29, 1.82) is 0 Å². The summed E-state index contributed by atoms with van der Waals surface area (Å²) in [5.74, 6) is -0.380. The van der Waals surface area contributed by atoms with Gasteiger partial charge in [-0.05, 0) is 24.8 Å². The molecule has 1 heterocycles. The van der Waals surface area contributed by atoms with Gasteiger partial charge in [-0.1, -0.05) is 30.3 Å². The number of nitrogens with zero attached hydrogens (tertiary/aromatic N) is 1. The number of aromatic amines is 1. The van der Waals surface area contributed by atoms with Crippen LogP contribution >= 0.6 is 0 Å². The predicted octanol–water partition coefficient (Wildman–Crippen LogP) is 1.98. The molecule has 5 nitrogen and oxygen atoms in total. The van der Waals surface area contributed by atoms with E-state index in [1.807, 2.05) is 18.2 Å². The Bertz CT molecular complexity index is 637. The second kappa shape index (κ2) is 6.56. The topological polar surface area (TPSA) is 74.8 Å². The van der Waals surface area contributed by atoms with Crippen molar-refractivity contribution in [2.45, 2.75) is 19.3 Å². The van der Waals surface area contributed by atoms with Gasteiger partial charge >= 0.3 is 0 Å². The summed E-state index contributed by atoms with van der Waals surface area (Å²) >= 11 is 0. The molecule has 0 aliphatic heterocycles. The number of carbonyl (C=O) groups excluding carboxylic acids is 2. The van der Waals surface area contributed by atoms with Crippen LogP contribution < -0.4 is 5.32 Å². The molecule has 1 fully saturated rings. The molecule has 22 heavy (non-hydrogen) atoms. The van der Waals surface area contributed by atoms with Gasteiger partial charge in [-0.25, -0.2) is 4.98 Å². The SMILES string of the molecule is O=C(c1cnc[nH]1)[C@H]1C[C@H]1C(=O)NCCCc1ccccc1. The molecule has 2 aromatic rings. The fourth-order valence-corrected chi connectivity index (χ4v) is 2.64. The van der Waals surface area contributed by atoms with E-state index < -0.39 is 0 Å². The summed E-state index contributed by atoms with van der Waals surface area (Å²) in [5.41, 5.74) is 1.76. The minimum Gasteiger partial charge on any atom is -0.356 e. The second-order valence-electron chi connectivity index (χ2n) is 5.66. The summed E-state index contributed by atoms with van der Waals surface area (Å²) in [7, 11) is 0. The molecule has 1 amide bonds. The van der Waals surface area contributed by atoms with Gasteiger partial charge in [-0.3, -0.25) is 9.59 Å². The number of ketones is 1. The van der Waals surface area contributed by atoms with Gasteiger partial charge in [0.2, 0.25) is 5.91 Å². The van der Waals surface area contributed by atoms with Crippen LogP contribution in [0.25, 0.3) is 0 Å². The zero-order valence-corrected chi connectivity index (χ0v) is 12.3. The van der Waals surface area contributed by atoms with Crippen molar-refractivity contribution in [3.8, 4) is 0 Å². The van der Waals surface area contributed by atoms with Gasteiger partial charge in [0, 0.05) is 18.4 Å². The molecule has 0 saturated heterocycles. The van der Waals surface area contributed by atoms with Crippen LogP contribution in [0.5, 0.6) is 0 Å². The Labute approximate surface area is 129 Å². The number of H-pyrrole nitrogens is 1. The minimum atomic E-state index is -0.186. The summed E-state index contributed by atoms with van der Waals surface area (Å²) in [6, 6.07) is 10.2. The van der Waals surface area contributed by atoms with Crippen LogP contribution in [0.1, 0.15) is 28.9 Å². The fraction of sp³-hybridized carbons (Fsp3) is 0.353. The summed E-state index contributed by atoms with van der Waals surface area (Å²) in [6.07, 6.45) is 5.48. The Morgan fingerprint density at radius 2 is 2.05 bits per heavy atom. The van der Waals surface area contributed by atoms with Crippen LogP contribution in [-0.4, -0.2) is 28.2 Å². The maximum atomic E-state index is 12.0. The molecule has 114 valence electrons. The van der Waals surface area contributed by atoms with Crippen molar-refractivity contribution in [3.63, 3.8) is 0 Å². The van der Waals surface area contributed by atoms with E-state index in [4.69, 9.17) is 0 Å². The number of aryl methyl sites for hydroxylation is 1. The average Bonchev–Trinajstić information content (AvgIpc) is 3.16. The highest BCUT2D eigenvalue weighted by Gasteiger charge is 2.48. The molecule has 3 rings (SSSR count). The molecule has 0 unspecified atom stereocenters. The van der Waals surface area contributed by atoms with Gasteiger partial charge < -0.3 is 10.3 Å². The summed E-state index contributed by atoms with van der Waals surface area (Å²) in [5, 5.41) is 2.93. The lowest BCUT2D eigenvalue weighted by Gasteiger charge is -2.05. The molecular weight excluding hydrogens is 278 g/mol. The van der Waals surface area contributed by atoms with Crippen LogP contribution in [0.2, 0.25) is 0 Å². The third-order valence-electron chi connectivity index (χ3n) is 4.01. The molecule has 1 aliphatic carbocycles. The number of rotatable bonds is 7. The number of nitrogens with one attached hydrogen (secondary N) is 2. The van der Waals surface area contributed by atoms with Gasteiger partial charge in [0.25, 0.3) is 0 Å². The smallest absolute Gasteiger partial charge is 0.223 e. The number of imidazole rings is 1. The monoisotopic (exact) mass is 297 g/mol. The van der Waals surface area contributed by atoms with Gasteiger partial charge in [-0.2, -0.15) is 0 Å². The Balaban J connectivity index is 1.38. The van der Waals surface area contributed by atoms with Crippen LogP contribution in [-0.2, 0) is 11.2 Å². The first-order chi connectivity index (χ1) is 10.8. The third kappa shape index (κ3) is 3.42. The first-order valence-electron chi connectivity index (χ1n) is 7.60. The van der Waals surface area contributed by atoms with Gasteiger partial charge in [0.15, 0.2) is 5.78 Å². The van der Waals surface area contributed by atoms with E-state index >= 15 is 0 Å². The standard InChI is InChI=1S/C17H19N3O2/c21-16(15-10-18-11-20-15)13-9-14(13)17(22)19-8-4-7-12-5-2-1-3-6-12/h1-3,5-6,10-11,13-14H,4,7-9H2,(H,18,20)(H,19,22)/t13-,14+/m0/s1. The van der Waals surface area contributed by atoms with E-state index in [9.17, 15) is 9.59 Å². The number of amides is 1. The normalized spacial score (nSPS) is 19.6. The maximum Gasteiger partial charge on any atom is 0.223 e. The number of Topliss-reactive ketones (excluding diaryl/α,β-unsaturated/α-hetero) is 1. The fourth-order valence-electron chi connectivity index (χ4n) is 2.64. The lowest BCUT2D eigenvalue weighted by atomic mass is 10.1. The van der Waals surface area contributed by atoms with Crippen LogP contribution in [0.15, 0.2) is 42.9 Å². The highest BCUT2D eigenvalue weighted by atomic mass is 16.2. The van der Waals surface area contributed by atoms with E-state index in [1.165, 1.54) is 18.1 Å². The summed E-state index contributed by atoms with van der Waals surface area (Å²) < 4.78 is 0. The van der Waals surface area contributed by atoms with Crippen LogP contribution in [0.4, 0.5) is 0 Å². The Hall–Kier alpha value is -2.43. The molecule has 1 aliphatic rings. The summed E-state index contributed by atoms with van der Waals surface area (Å²) in [4.78, 5) is 30.7. The van der Waals surface area contributed by atoms with Gasteiger partial charge in [0.1, 0.15) is 5.69 Å². The zero-order chi connectivity index (χ0) is 15.4. The lowest BCUT2D eigenvalue weighted by molar-refractivity contribution is -0.122. The molecule has 0 radical (unpaired) electrons. The van der Waals surface area contributed by atoms with E-state index in [-0.39, 0.29) is 23.5 Å². The maximum absolute atomic E-state index is 12.0. The third-order valence-corrected chi connectivity index (χ3v) is 4.01. The number of hydrogen-bond acceptors (Lipinski definition) is 3. The average molecular weight is 297 g/mol. The van der Waals surface area contributed by atoms with E-state index in [0.29, 0.717) is 18.7 Å². The molecule has 1 saturated carbocycles. The van der Waals surface area contributed by atoms with E-state index in [1.54, 1.807) is 0 Å².